The number of hydrogen-bond donors (Lipinski definition) is 0. The van der Waals surface area contributed by atoms with E-state index in [0.717, 1.165) is 67.2 Å². The third-order valence-electron chi connectivity index (χ3n) is 11.0. The quantitative estimate of drug-likeness (QED) is 0.130. The first-order valence-corrected chi connectivity index (χ1v) is 19.6. The Morgan fingerprint density at radius 2 is 1.05 bits per heavy atom. The minimum Gasteiger partial charge on any atom is -0.487 e. The molecule has 0 N–H and O–H groups in total. The molecule has 1 heterocycles. The van der Waals surface area contributed by atoms with Crippen LogP contribution in [0.1, 0.15) is 5.56 Å². The van der Waals surface area contributed by atoms with E-state index >= 15 is 0 Å². The van der Waals surface area contributed by atoms with Gasteiger partial charge >= 0.3 is 0 Å². The van der Waals surface area contributed by atoms with Gasteiger partial charge in [0.2, 0.25) is 0 Å². The molecule has 4 heteroatoms. The monoisotopic (exact) mass is 745 g/mol. The summed E-state index contributed by atoms with van der Waals surface area (Å²) in [5, 5.41) is 4.51. The number of nitrogens with zero attached hydrogens (tertiary/aromatic N) is 3. The van der Waals surface area contributed by atoms with Crippen molar-refractivity contribution in [3.63, 3.8) is 0 Å². The molecular weight excluding hydrogens is 707 g/mol. The van der Waals surface area contributed by atoms with Crippen molar-refractivity contribution in [1.29, 1.82) is 0 Å². The van der Waals surface area contributed by atoms with Crippen LogP contribution >= 0.6 is 0 Å². The van der Waals surface area contributed by atoms with Crippen LogP contribution in [0, 0.1) is 0 Å². The van der Waals surface area contributed by atoms with E-state index in [-0.39, 0.29) is 0 Å². The van der Waals surface area contributed by atoms with Crippen LogP contribution in [-0.4, -0.2) is 11.3 Å². The van der Waals surface area contributed by atoms with E-state index in [1.54, 1.807) is 0 Å². The van der Waals surface area contributed by atoms with Crippen molar-refractivity contribution in [2.24, 2.45) is 4.99 Å². The summed E-state index contributed by atoms with van der Waals surface area (Å²) in [6.45, 7) is 4.39. The summed E-state index contributed by atoms with van der Waals surface area (Å²) in [7, 11) is 0. The molecule has 0 bridgehead atoms. The van der Waals surface area contributed by atoms with Gasteiger partial charge in [-0.25, -0.2) is 0 Å². The molecule has 0 aliphatic rings. The molecule has 10 rings (SSSR count). The number of benzene rings is 9. The molecule has 0 saturated carbocycles. The van der Waals surface area contributed by atoms with E-state index in [1.807, 2.05) is 24.3 Å². The summed E-state index contributed by atoms with van der Waals surface area (Å²) in [6.07, 6.45) is 0. The van der Waals surface area contributed by atoms with E-state index < -0.39 is 0 Å². The Hall–Kier alpha value is -7.69. The van der Waals surface area contributed by atoms with Gasteiger partial charge in [-0.1, -0.05) is 140 Å². The molecular formula is C54H39N3O. The van der Waals surface area contributed by atoms with Crippen molar-refractivity contribution in [2.45, 2.75) is 6.61 Å². The molecule has 0 saturated heterocycles. The Bertz CT molecular complexity index is 3060. The van der Waals surface area contributed by atoms with E-state index in [4.69, 9.17) is 4.74 Å². The van der Waals surface area contributed by atoms with Crippen molar-refractivity contribution >= 4 is 62.0 Å². The second-order valence-electron chi connectivity index (χ2n) is 14.5. The van der Waals surface area contributed by atoms with E-state index in [1.165, 1.54) is 27.4 Å². The molecule has 4 nitrogen and oxygen atoms in total. The van der Waals surface area contributed by atoms with Crippen molar-refractivity contribution in [3.05, 3.63) is 218 Å². The second-order valence-corrected chi connectivity index (χ2v) is 14.5. The molecule has 10 aromatic rings. The highest BCUT2D eigenvalue weighted by Crippen LogP contribution is 2.42. The van der Waals surface area contributed by atoms with Gasteiger partial charge in [-0.2, -0.15) is 0 Å². The largest absolute Gasteiger partial charge is 0.487 e. The first kappa shape index (κ1) is 34.8. The van der Waals surface area contributed by atoms with Crippen LogP contribution in [0.5, 0.6) is 5.75 Å². The lowest BCUT2D eigenvalue weighted by Gasteiger charge is -2.26. The van der Waals surface area contributed by atoms with Crippen LogP contribution in [0.25, 0.3) is 60.5 Å². The fourth-order valence-corrected chi connectivity index (χ4v) is 8.14. The van der Waals surface area contributed by atoms with Crippen LogP contribution in [0.3, 0.4) is 0 Å². The van der Waals surface area contributed by atoms with E-state index in [9.17, 15) is 0 Å². The normalized spacial score (nSPS) is 11.2. The van der Waals surface area contributed by atoms with Crippen molar-refractivity contribution < 1.29 is 4.74 Å². The minimum atomic E-state index is 0.461. The Morgan fingerprint density at radius 3 is 1.84 bits per heavy atom. The van der Waals surface area contributed by atoms with Gasteiger partial charge in [-0.15, -0.1) is 0 Å². The first-order valence-electron chi connectivity index (χ1n) is 19.6. The lowest BCUT2D eigenvalue weighted by atomic mass is 9.99. The molecule has 0 atom stereocenters. The number of ether oxygens (including phenoxy) is 1. The Kier molecular flexibility index (Phi) is 9.05. The van der Waals surface area contributed by atoms with Crippen LogP contribution in [0.2, 0.25) is 0 Å². The van der Waals surface area contributed by atoms with Crippen molar-refractivity contribution in [3.8, 4) is 33.7 Å². The highest BCUT2D eigenvalue weighted by Gasteiger charge is 2.18. The lowest BCUT2D eigenvalue weighted by Crippen LogP contribution is -2.10. The van der Waals surface area contributed by atoms with Gasteiger partial charge < -0.3 is 14.2 Å². The van der Waals surface area contributed by atoms with Gasteiger partial charge in [0.25, 0.3) is 0 Å². The average molecular weight is 746 g/mol. The summed E-state index contributed by atoms with van der Waals surface area (Å²) >= 11 is 0. The topological polar surface area (TPSA) is 29.8 Å². The van der Waals surface area contributed by atoms with Gasteiger partial charge in [0.1, 0.15) is 18.0 Å². The number of anilines is 3. The Morgan fingerprint density at radius 1 is 0.448 bits per heavy atom. The lowest BCUT2D eigenvalue weighted by molar-refractivity contribution is 0.308. The number of para-hydroxylation sites is 2. The van der Waals surface area contributed by atoms with Gasteiger partial charge in [0.05, 0.1) is 11.0 Å². The van der Waals surface area contributed by atoms with Crippen LogP contribution in [0.15, 0.2) is 217 Å². The SMILES string of the molecule is C=Nc1c(OCc2ccccc2)ccc2ccc(-c3ccc(N(c4cccc(-c5ccccc5)c4)c4ccc5c(c4)c4ccccc4n5-c4ccccc4)cc3)cc12. The molecule has 0 spiro atoms. The molecule has 9 aromatic carbocycles. The third-order valence-corrected chi connectivity index (χ3v) is 11.0. The van der Waals surface area contributed by atoms with Crippen LogP contribution in [0.4, 0.5) is 22.7 Å². The zero-order valence-corrected chi connectivity index (χ0v) is 31.9. The van der Waals surface area contributed by atoms with E-state index in [2.05, 4.69) is 209 Å². The van der Waals surface area contributed by atoms with E-state index in [0.29, 0.717) is 6.61 Å². The molecule has 0 unspecified atom stereocenters. The summed E-state index contributed by atoms with van der Waals surface area (Å²) in [5.41, 5.74) is 13.1. The minimum absolute atomic E-state index is 0.461. The number of fused-ring (bicyclic) bond motifs is 4. The van der Waals surface area contributed by atoms with Gasteiger partial charge in [0, 0.05) is 38.9 Å². The summed E-state index contributed by atoms with van der Waals surface area (Å²) in [5.74, 6) is 0.719. The molecule has 276 valence electrons. The van der Waals surface area contributed by atoms with Gasteiger partial charge in [-0.05, 0) is 113 Å². The fraction of sp³-hybridized carbons (Fsp3) is 0.0185. The van der Waals surface area contributed by atoms with Crippen molar-refractivity contribution in [2.75, 3.05) is 4.90 Å². The number of rotatable bonds is 10. The zero-order chi connectivity index (χ0) is 38.8. The molecule has 0 fully saturated rings. The maximum atomic E-state index is 6.26. The molecule has 1 aromatic heterocycles. The second kappa shape index (κ2) is 15.1. The molecule has 0 aliphatic heterocycles. The van der Waals surface area contributed by atoms with Gasteiger partial charge in [-0.3, -0.25) is 4.99 Å². The van der Waals surface area contributed by atoms with Gasteiger partial charge in [0.15, 0.2) is 0 Å². The average Bonchev–Trinajstić information content (AvgIpc) is 3.63. The Labute approximate surface area is 338 Å². The molecule has 0 amide bonds. The van der Waals surface area contributed by atoms with Crippen LogP contribution < -0.4 is 9.64 Å². The molecule has 0 radical (unpaired) electrons. The van der Waals surface area contributed by atoms with Crippen molar-refractivity contribution in [1.82, 2.24) is 4.57 Å². The zero-order valence-electron chi connectivity index (χ0n) is 31.9. The maximum Gasteiger partial charge on any atom is 0.146 e. The van der Waals surface area contributed by atoms with Crippen LogP contribution in [-0.2, 0) is 6.61 Å². The summed E-state index contributed by atoms with van der Waals surface area (Å²) < 4.78 is 8.62. The smallest absolute Gasteiger partial charge is 0.146 e. The Balaban J connectivity index is 1.07. The standard InChI is InChI=1S/C54H39N3O/c1-55-54-49-35-43(25-24-41(49)28-33-53(54)58-37-38-14-5-2-6-15-38)40-26-29-45(30-27-40)56(46-21-13-18-42(34-46)39-16-7-3-8-17-39)47-31-32-52-50(36-47)48-22-11-12-23-51(48)57(52)44-19-9-4-10-20-44/h2-36H,1,37H2. The number of aliphatic imine (C=N–C) groups is 1. The number of aromatic nitrogens is 1. The maximum absolute atomic E-state index is 6.26. The molecule has 0 aliphatic carbocycles. The highest BCUT2D eigenvalue weighted by molar-refractivity contribution is 6.10. The first-order chi connectivity index (χ1) is 28.7. The summed E-state index contributed by atoms with van der Waals surface area (Å²) in [6, 6.07) is 75.2. The predicted molar refractivity (Wildman–Crippen MR) is 244 cm³/mol. The molecule has 58 heavy (non-hydrogen) atoms. The third kappa shape index (κ3) is 6.47. The fourth-order valence-electron chi connectivity index (χ4n) is 8.14. The highest BCUT2D eigenvalue weighted by atomic mass is 16.5. The number of hydrogen-bond acceptors (Lipinski definition) is 3. The predicted octanol–water partition coefficient (Wildman–Crippen LogP) is 14.7. The summed E-state index contributed by atoms with van der Waals surface area (Å²) in [4.78, 5) is 6.82.